The largest absolute Gasteiger partial charge is 0.490 e. The smallest absolute Gasteiger partial charge is 0.490 e. The van der Waals surface area contributed by atoms with E-state index in [9.17, 15) is 26.4 Å². The van der Waals surface area contributed by atoms with Crippen molar-refractivity contribution in [1.82, 2.24) is 9.88 Å². The van der Waals surface area contributed by atoms with Crippen LogP contribution in [-0.2, 0) is 26.0 Å². The first-order valence-corrected chi connectivity index (χ1v) is 18.2. The van der Waals surface area contributed by atoms with Crippen LogP contribution < -0.4 is 20.5 Å². The predicted octanol–water partition coefficient (Wildman–Crippen LogP) is 7.08. The average molecular weight is 745 g/mol. The number of sulfone groups is 1. The number of benzene rings is 3. The van der Waals surface area contributed by atoms with Gasteiger partial charge >= 0.3 is 12.1 Å². The summed E-state index contributed by atoms with van der Waals surface area (Å²) in [6.07, 6.45) is -1.23. The number of nitrogens with two attached hydrogens (primary N) is 1. The van der Waals surface area contributed by atoms with Crippen LogP contribution >= 0.6 is 0 Å². The Labute approximate surface area is 300 Å². The van der Waals surface area contributed by atoms with E-state index in [1.807, 2.05) is 70.2 Å². The average Bonchev–Trinajstić information content (AvgIpc) is 3.03. The first-order valence-electron chi connectivity index (χ1n) is 16.7. The van der Waals surface area contributed by atoms with Gasteiger partial charge in [-0.2, -0.15) is 13.2 Å². The van der Waals surface area contributed by atoms with Crippen LogP contribution in [0.1, 0.15) is 62.8 Å². The number of anilines is 2. The monoisotopic (exact) mass is 744 g/mol. The van der Waals surface area contributed by atoms with Crippen molar-refractivity contribution < 1.29 is 45.8 Å². The molecule has 1 saturated carbocycles. The number of aromatic nitrogens is 1. The summed E-state index contributed by atoms with van der Waals surface area (Å²) in [5, 5.41) is 12.0. The number of amides is 1. The minimum atomic E-state index is -5.08. The number of aryl methyl sites for hydroxylation is 1. The topological polar surface area (TPSA) is 161 Å². The lowest BCUT2D eigenvalue weighted by Crippen LogP contribution is -2.36. The highest BCUT2D eigenvalue weighted by atomic mass is 32.2. The van der Waals surface area contributed by atoms with E-state index >= 15 is 0 Å². The molecule has 1 heterocycles. The number of fused-ring (bicyclic) bond motifs is 1. The summed E-state index contributed by atoms with van der Waals surface area (Å²) in [6, 6.07) is 17.5. The molecule has 280 valence electrons. The normalized spacial score (nSPS) is 13.8. The molecule has 0 spiro atoms. The van der Waals surface area contributed by atoms with Crippen molar-refractivity contribution in [2.24, 2.45) is 0 Å². The SMILES string of the molecule is CCOc1cc(C(Nc2cc3ccnc(N)c3cc2C)C(=O)N(C)Cc2ccccc2S(=O)(=O)C2CCC2)ccc1OC(C)C.O=C(O)C(F)(F)F. The van der Waals surface area contributed by atoms with Crippen molar-refractivity contribution in [1.29, 1.82) is 0 Å². The molecule has 1 aromatic heterocycles. The molecule has 0 aliphatic heterocycles. The van der Waals surface area contributed by atoms with Crippen LogP contribution in [0.5, 0.6) is 11.5 Å². The molecule has 1 aliphatic carbocycles. The Morgan fingerprint density at radius 2 is 1.75 bits per heavy atom. The van der Waals surface area contributed by atoms with Gasteiger partial charge in [0.1, 0.15) is 11.9 Å². The van der Waals surface area contributed by atoms with Crippen molar-refractivity contribution in [2.75, 3.05) is 24.7 Å². The number of aliphatic carboxylic acids is 1. The van der Waals surface area contributed by atoms with E-state index in [4.69, 9.17) is 25.1 Å². The number of ether oxygens (including phenoxy) is 2. The Morgan fingerprint density at radius 1 is 1.08 bits per heavy atom. The summed E-state index contributed by atoms with van der Waals surface area (Å²) in [4.78, 5) is 29.4. The van der Waals surface area contributed by atoms with Gasteiger partial charge in [-0.15, -0.1) is 0 Å². The summed E-state index contributed by atoms with van der Waals surface area (Å²) < 4.78 is 70.5. The summed E-state index contributed by atoms with van der Waals surface area (Å²) >= 11 is 0. The molecule has 0 saturated heterocycles. The van der Waals surface area contributed by atoms with Gasteiger partial charge in [0.25, 0.3) is 0 Å². The summed E-state index contributed by atoms with van der Waals surface area (Å²) in [5.41, 5.74) is 9.06. The van der Waals surface area contributed by atoms with Gasteiger partial charge in [-0.1, -0.05) is 30.7 Å². The Kier molecular flexibility index (Phi) is 12.6. The number of pyridine rings is 1. The van der Waals surface area contributed by atoms with E-state index in [1.54, 1.807) is 36.3 Å². The lowest BCUT2D eigenvalue weighted by molar-refractivity contribution is -0.192. The minimum Gasteiger partial charge on any atom is -0.490 e. The van der Waals surface area contributed by atoms with E-state index in [1.165, 1.54) is 0 Å². The quantitative estimate of drug-likeness (QED) is 0.137. The molecule has 4 N–H and O–H groups in total. The Morgan fingerprint density at radius 3 is 2.35 bits per heavy atom. The molecular formula is C37H43F3N4O7S. The lowest BCUT2D eigenvalue weighted by atomic mass is 10.00. The third kappa shape index (κ3) is 9.43. The van der Waals surface area contributed by atoms with Gasteiger partial charge in [-0.25, -0.2) is 18.2 Å². The number of nitrogen functional groups attached to an aromatic ring is 1. The van der Waals surface area contributed by atoms with Gasteiger partial charge in [-0.3, -0.25) is 4.79 Å². The van der Waals surface area contributed by atoms with E-state index in [0.29, 0.717) is 52.8 Å². The van der Waals surface area contributed by atoms with Gasteiger partial charge in [0.15, 0.2) is 21.3 Å². The molecule has 1 unspecified atom stereocenters. The summed E-state index contributed by atoms with van der Waals surface area (Å²) in [5.74, 6) is -1.42. The molecule has 1 fully saturated rings. The van der Waals surface area contributed by atoms with E-state index < -0.39 is 28.0 Å². The zero-order valence-corrected chi connectivity index (χ0v) is 30.3. The highest BCUT2D eigenvalue weighted by molar-refractivity contribution is 7.92. The molecular weight excluding hydrogens is 701 g/mol. The Hall–Kier alpha value is -5.05. The number of likely N-dealkylation sites (N-methyl/N-ethyl adjacent to an activating group) is 1. The number of carboxylic acids is 1. The van der Waals surface area contributed by atoms with Gasteiger partial charge in [-0.05, 0) is 99.0 Å². The number of nitrogens with zero attached hydrogens (tertiary/aromatic N) is 2. The maximum Gasteiger partial charge on any atom is 0.490 e. The highest BCUT2D eigenvalue weighted by Gasteiger charge is 2.38. The number of carbonyl (C=O) groups is 2. The van der Waals surface area contributed by atoms with Crippen LogP contribution in [0.4, 0.5) is 24.7 Å². The second-order valence-corrected chi connectivity index (χ2v) is 14.9. The predicted molar refractivity (Wildman–Crippen MR) is 192 cm³/mol. The number of hydrogen-bond donors (Lipinski definition) is 3. The fourth-order valence-corrected chi connectivity index (χ4v) is 7.68. The van der Waals surface area contributed by atoms with Crippen LogP contribution in [0.2, 0.25) is 0 Å². The number of carboxylic acid groups (broad SMARTS) is 1. The second-order valence-electron chi connectivity index (χ2n) is 12.7. The van der Waals surface area contributed by atoms with Crippen LogP contribution in [-0.4, -0.2) is 66.5 Å². The first kappa shape index (κ1) is 39.7. The highest BCUT2D eigenvalue weighted by Crippen LogP contribution is 2.36. The maximum atomic E-state index is 14.4. The number of halogens is 3. The third-order valence-electron chi connectivity index (χ3n) is 8.45. The number of hydrogen-bond acceptors (Lipinski definition) is 9. The molecule has 1 amide bonds. The third-order valence-corrected chi connectivity index (χ3v) is 10.8. The van der Waals surface area contributed by atoms with E-state index in [-0.39, 0.29) is 23.8 Å². The van der Waals surface area contributed by atoms with Crippen molar-refractivity contribution >= 4 is 44.0 Å². The van der Waals surface area contributed by atoms with Crippen molar-refractivity contribution in [2.45, 2.75) is 82.0 Å². The Bertz CT molecular complexity index is 2020. The molecule has 11 nitrogen and oxygen atoms in total. The minimum absolute atomic E-state index is 0.0600. The second kappa shape index (κ2) is 16.5. The standard InChI is InChI=1S/C35H42N4O5S.C2HF3O2/c1-6-43-31-20-25(14-15-30(31)44-22(2)3)33(38-29-19-24-16-17-37-34(36)28(24)18-23(29)4)35(40)39(5)21-26-10-7-8-13-32(26)45(41,42)27-11-9-12-27;3-2(4,5)1(6)7/h7-8,10,13-20,22,27,33,38H,6,9,11-12,21H2,1-5H3,(H2,36,37);(H,6,7). The number of alkyl halides is 3. The Balaban J connectivity index is 0.000000785. The molecule has 3 aromatic carbocycles. The van der Waals surface area contributed by atoms with Crippen molar-refractivity contribution in [3.05, 3.63) is 83.6 Å². The van der Waals surface area contributed by atoms with Gasteiger partial charge < -0.3 is 30.5 Å². The first-order chi connectivity index (χ1) is 24.4. The number of rotatable bonds is 12. The molecule has 15 heteroatoms. The zero-order chi connectivity index (χ0) is 38.4. The number of carbonyl (C=O) groups excluding carboxylic acids is 1. The fourth-order valence-electron chi connectivity index (χ4n) is 5.60. The molecule has 0 bridgehead atoms. The summed E-state index contributed by atoms with van der Waals surface area (Å²) in [7, 11) is -1.78. The van der Waals surface area contributed by atoms with E-state index in [0.717, 1.165) is 28.4 Å². The van der Waals surface area contributed by atoms with Gasteiger partial charge in [0.05, 0.1) is 22.9 Å². The molecule has 5 rings (SSSR count). The van der Waals surface area contributed by atoms with Gasteiger partial charge in [0, 0.05) is 30.9 Å². The number of nitrogens with one attached hydrogen (secondary N) is 1. The van der Waals surface area contributed by atoms with Crippen molar-refractivity contribution in [3.8, 4) is 11.5 Å². The maximum absolute atomic E-state index is 14.4. The van der Waals surface area contributed by atoms with Crippen LogP contribution in [0.25, 0.3) is 10.8 Å². The van der Waals surface area contributed by atoms with Crippen LogP contribution in [0, 0.1) is 6.92 Å². The van der Waals surface area contributed by atoms with Crippen LogP contribution in [0.15, 0.2) is 71.8 Å². The molecule has 4 aromatic rings. The van der Waals surface area contributed by atoms with Crippen LogP contribution in [0.3, 0.4) is 0 Å². The van der Waals surface area contributed by atoms with E-state index in [2.05, 4.69) is 10.3 Å². The van der Waals surface area contributed by atoms with Gasteiger partial charge in [0.2, 0.25) is 5.91 Å². The zero-order valence-electron chi connectivity index (χ0n) is 29.5. The molecule has 52 heavy (non-hydrogen) atoms. The lowest BCUT2D eigenvalue weighted by Gasteiger charge is -2.29. The molecule has 1 aliphatic rings. The van der Waals surface area contributed by atoms with Crippen molar-refractivity contribution in [3.63, 3.8) is 0 Å². The molecule has 0 radical (unpaired) electrons. The molecule has 1 atom stereocenters. The fraction of sp³-hybridized carbons (Fsp3) is 0.378. The summed E-state index contributed by atoms with van der Waals surface area (Å²) in [6.45, 7) is 8.29.